The average molecular weight is 221 g/mol. The summed E-state index contributed by atoms with van der Waals surface area (Å²) >= 11 is 0. The van der Waals surface area contributed by atoms with Gasteiger partial charge in [0.15, 0.2) is 0 Å². The van der Waals surface area contributed by atoms with Gasteiger partial charge in [0.05, 0.1) is 31.0 Å². The first-order valence-corrected chi connectivity index (χ1v) is 5.37. The van der Waals surface area contributed by atoms with Crippen LogP contribution in [-0.4, -0.2) is 36.7 Å². The number of carbonyl (C=O) groups is 1. The summed E-state index contributed by atoms with van der Waals surface area (Å²) in [7, 11) is 0. The van der Waals surface area contributed by atoms with Crippen molar-refractivity contribution in [3.8, 4) is 0 Å². The highest BCUT2D eigenvalue weighted by molar-refractivity contribution is 5.90. The highest BCUT2D eigenvalue weighted by atomic mass is 16.5. The topological polar surface area (TPSA) is 63.2 Å². The van der Waals surface area contributed by atoms with E-state index in [1.54, 1.807) is 18.5 Å². The Morgan fingerprint density at radius 1 is 1.69 bits per heavy atom. The number of carbonyl (C=O) groups excluding carboxylic acids is 1. The number of rotatable bonds is 3. The van der Waals surface area contributed by atoms with Gasteiger partial charge in [0.1, 0.15) is 0 Å². The summed E-state index contributed by atoms with van der Waals surface area (Å²) in [6.45, 7) is 2.27. The van der Waals surface area contributed by atoms with Crippen molar-refractivity contribution >= 4 is 11.6 Å². The number of ether oxygens (including phenoxy) is 1. The van der Waals surface area contributed by atoms with Crippen molar-refractivity contribution in [1.82, 2.24) is 10.3 Å². The quantitative estimate of drug-likeness (QED) is 0.775. The Morgan fingerprint density at radius 3 is 3.31 bits per heavy atom. The average Bonchev–Trinajstić information content (AvgIpc) is 2.31. The van der Waals surface area contributed by atoms with Crippen LogP contribution < -0.4 is 10.6 Å². The van der Waals surface area contributed by atoms with Crippen LogP contribution in [0, 0.1) is 0 Å². The van der Waals surface area contributed by atoms with Crippen LogP contribution in [0.2, 0.25) is 0 Å². The van der Waals surface area contributed by atoms with E-state index in [2.05, 4.69) is 15.6 Å². The minimum Gasteiger partial charge on any atom is -0.375 e. The summed E-state index contributed by atoms with van der Waals surface area (Å²) in [5.41, 5.74) is 0.719. The molecule has 0 saturated carbocycles. The van der Waals surface area contributed by atoms with E-state index in [0.29, 0.717) is 13.0 Å². The summed E-state index contributed by atoms with van der Waals surface area (Å²) in [6.07, 6.45) is 3.65. The van der Waals surface area contributed by atoms with Crippen LogP contribution in [0.15, 0.2) is 24.5 Å². The lowest BCUT2D eigenvalue weighted by atomic mass is 10.2. The molecule has 1 unspecified atom stereocenters. The van der Waals surface area contributed by atoms with Crippen molar-refractivity contribution in [3.05, 3.63) is 24.5 Å². The molecule has 0 radical (unpaired) electrons. The first kappa shape index (κ1) is 11.0. The lowest BCUT2D eigenvalue weighted by molar-refractivity contribution is -0.119. The molecule has 0 spiro atoms. The first-order chi connectivity index (χ1) is 7.84. The van der Waals surface area contributed by atoms with Gasteiger partial charge in [0.2, 0.25) is 5.91 Å². The van der Waals surface area contributed by atoms with Gasteiger partial charge >= 0.3 is 0 Å². The van der Waals surface area contributed by atoms with Crippen LogP contribution in [0.1, 0.15) is 6.42 Å². The number of aromatic nitrogens is 1. The van der Waals surface area contributed by atoms with E-state index >= 15 is 0 Å². The van der Waals surface area contributed by atoms with Crippen molar-refractivity contribution in [2.75, 3.05) is 25.0 Å². The number of amides is 1. The van der Waals surface area contributed by atoms with Gasteiger partial charge in [-0.2, -0.15) is 0 Å². The van der Waals surface area contributed by atoms with Crippen LogP contribution in [0.25, 0.3) is 0 Å². The van der Waals surface area contributed by atoms with Crippen molar-refractivity contribution in [2.45, 2.75) is 12.5 Å². The Kier molecular flexibility index (Phi) is 3.85. The molecule has 1 aliphatic heterocycles. The van der Waals surface area contributed by atoms with Crippen molar-refractivity contribution in [2.24, 2.45) is 0 Å². The molecule has 1 amide bonds. The van der Waals surface area contributed by atoms with Crippen LogP contribution in [0.3, 0.4) is 0 Å². The minimum absolute atomic E-state index is 0.0228. The predicted octanol–water partition coefficient (Wildman–Crippen LogP) is 0.399. The van der Waals surface area contributed by atoms with Gasteiger partial charge in [-0.15, -0.1) is 0 Å². The van der Waals surface area contributed by atoms with Crippen molar-refractivity contribution < 1.29 is 9.53 Å². The smallest absolute Gasteiger partial charge is 0.227 e. The third-order valence-corrected chi connectivity index (χ3v) is 2.36. The molecule has 1 aliphatic rings. The highest BCUT2D eigenvalue weighted by Crippen LogP contribution is 2.06. The van der Waals surface area contributed by atoms with Gasteiger partial charge in [-0.3, -0.25) is 9.78 Å². The molecule has 1 aromatic rings. The Labute approximate surface area is 94.2 Å². The van der Waals surface area contributed by atoms with Crippen LogP contribution in [0.5, 0.6) is 0 Å². The summed E-state index contributed by atoms with van der Waals surface area (Å²) in [5, 5.41) is 5.97. The molecular formula is C11H15N3O2. The maximum absolute atomic E-state index is 11.6. The largest absolute Gasteiger partial charge is 0.375 e. The molecule has 0 aliphatic carbocycles. The summed E-state index contributed by atoms with van der Waals surface area (Å²) in [6, 6.07) is 3.60. The molecule has 1 fully saturated rings. The zero-order valence-electron chi connectivity index (χ0n) is 8.98. The van der Waals surface area contributed by atoms with Crippen LogP contribution in [-0.2, 0) is 9.53 Å². The lowest BCUT2D eigenvalue weighted by Crippen LogP contribution is -2.40. The van der Waals surface area contributed by atoms with Gasteiger partial charge in [0, 0.05) is 19.3 Å². The third kappa shape index (κ3) is 3.29. The van der Waals surface area contributed by atoms with Crippen molar-refractivity contribution in [3.63, 3.8) is 0 Å². The van der Waals surface area contributed by atoms with Crippen LogP contribution in [0.4, 0.5) is 5.69 Å². The maximum atomic E-state index is 11.6. The summed E-state index contributed by atoms with van der Waals surface area (Å²) in [5.74, 6) is -0.0401. The van der Waals surface area contributed by atoms with Gasteiger partial charge in [0.25, 0.3) is 0 Å². The molecule has 2 rings (SSSR count). The van der Waals surface area contributed by atoms with Gasteiger partial charge < -0.3 is 15.4 Å². The number of hydrogen-bond acceptors (Lipinski definition) is 4. The molecule has 2 N–H and O–H groups in total. The fourth-order valence-corrected chi connectivity index (χ4v) is 1.61. The van der Waals surface area contributed by atoms with E-state index < -0.39 is 0 Å². The Bertz CT molecular complexity index is 336. The summed E-state index contributed by atoms with van der Waals surface area (Å²) < 4.78 is 5.45. The van der Waals surface area contributed by atoms with E-state index in [9.17, 15) is 4.79 Å². The minimum atomic E-state index is -0.0401. The molecule has 0 aromatic carbocycles. The highest BCUT2D eigenvalue weighted by Gasteiger charge is 2.17. The molecule has 1 atom stereocenters. The van der Waals surface area contributed by atoms with Gasteiger partial charge in [-0.1, -0.05) is 0 Å². The molecule has 86 valence electrons. The van der Waals surface area contributed by atoms with E-state index in [1.165, 1.54) is 0 Å². The number of nitrogens with zero attached hydrogens (tertiary/aromatic N) is 1. The Morgan fingerprint density at radius 2 is 2.62 bits per heavy atom. The molecular weight excluding hydrogens is 206 g/mol. The standard InChI is InChI=1S/C11H15N3O2/c15-11(6-10-8-13-4-5-16-10)14-9-2-1-3-12-7-9/h1-3,7,10,13H,4-6,8H2,(H,14,15). The second-order valence-corrected chi connectivity index (χ2v) is 3.69. The predicted molar refractivity (Wildman–Crippen MR) is 60.1 cm³/mol. The molecule has 1 aromatic heterocycles. The lowest BCUT2D eigenvalue weighted by Gasteiger charge is -2.22. The molecule has 16 heavy (non-hydrogen) atoms. The van der Waals surface area contributed by atoms with E-state index in [-0.39, 0.29) is 12.0 Å². The second-order valence-electron chi connectivity index (χ2n) is 3.69. The van der Waals surface area contributed by atoms with Crippen LogP contribution >= 0.6 is 0 Å². The molecule has 1 saturated heterocycles. The SMILES string of the molecule is O=C(CC1CNCCO1)Nc1cccnc1. The number of pyridine rings is 1. The Balaban J connectivity index is 1.80. The monoisotopic (exact) mass is 221 g/mol. The normalized spacial score (nSPS) is 20.4. The number of nitrogens with one attached hydrogen (secondary N) is 2. The molecule has 0 bridgehead atoms. The van der Waals surface area contributed by atoms with E-state index in [4.69, 9.17) is 4.74 Å². The molecule has 2 heterocycles. The third-order valence-electron chi connectivity index (χ3n) is 2.36. The van der Waals surface area contributed by atoms with Gasteiger partial charge in [-0.05, 0) is 12.1 Å². The zero-order valence-corrected chi connectivity index (χ0v) is 8.98. The number of hydrogen-bond donors (Lipinski definition) is 2. The fourth-order valence-electron chi connectivity index (χ4n) is 1.61. The zero-order chi connectivity index (χ0) is 11.2. The van der Waals surface area contributed by atoms with Crippen molar-refractivity contribution in [1.29, 1.82) is 0 Å². The maximum Gasteiger partial charge on any atom is 0.227 e. The van der Waals surface area contributed by atoms with E-state index in [0.717, 1.165) is 18.8 Å². The number of morpholine rings is 1. The fraction of sp³-hybridized carbons (Fsp3) is 0.455. The number of anilines is 1. The molecule has 5 heteroatoms. The van der Waals surface area contributed by atoms with Gasteiger partial charge in [-0.25, -0.2) is 0 Å². The summed E-state index contributed by atoms with van der Waals surface area (Å²) in [4.78, 5) is 15.6. The molecule has 5 nitrogen and oxygen atoms in total. The Hall–Kier alpha value is -1.46. The van der Waals surface area contributed by atoms with E-state index in [1.807, 2.05) is 6.07 Å². The second kappa shape index (κ2) is 5.58. The first-order valence-electron chi connectivity index (χ1n) is 5.37.